The van der Waals surface area contributed by atoms with Crippen LogP contribution in [-0.4, -0.2) is 95.2 Å². The fraction of sp³-hybridized carbons (Fsp3) is 0.588. The molecular formula is C34H47N7O2. The van der Waals surface area contributed by atoms with Crippen LogP contribution >= 0.6 is 0 Å². The van der Waals surface area contributed by atoms with Crippen LogP contribution in [0.25, 0.3) is 22.0 Å². The number of hydrogen-bond acceptors (Lipinski definition) is 8. The Morgan fingerprint density at radius 1 is 1.02 bits per heavy atom. The number of ether oxygens (including phenoxy) is 1. The van der Waals surface area contributed by atoms with Crippen molar-refractivity contribution in [2.45, 2.75) is 70.4 Å². The largest absolute Gasteiger partial charge is 0.381 e. The van der Waals surface area contributed by atoms with E-state index in [1.54, 1.807) is 0 Å². The van der Waals surface area contributed by atoms with Crippen LogP contribution in [0.4, 0.5) is 11.6 Å². The molecule has 3 saturated heterocycles. The summed E-state index contributed by atoms with van der Waals surface area (Å²) in [7, 11) is 1.99. The third kappa shape index (κ3) is 6.93. The van der Waals surface area contributed by atoms with Crippen LogP contribution < -0.4 is 10.2 Å². The van der Waals surface area contributed by atoms with Crippen molar-refractivity contribution in [2.75, 3.05) is 63.2 Å². The second kappa shape index (κ2) is 13.1. The molecule has 3 fully saturated rings. The number of carbonyl (C=O) groups is 1. The van der Waals surface area contributed by atoms with Crippen LogP contribution in [0.5, 0.6) is 0 Å². The zero-order chi connectivity index (χ0) is 29.8. The number of carbonyl (C=O) groups excluding carboxylic acids is 1. The van der Waals surface area contributed by atoms with Gasteiger partial charge in [0.1, 0.15) is 11.6 Å². The average molecular weight is 586 g/mol. The molecular weight excluding hydrogens is 538 g/mol. The molecule has 43 heavy (non-hydrogen) atoms. The molecule has 0 spiro atoms. The number of hydrogen-bond donors (Lipinski definition) is 1. The lowest BCUT2D eigenvalue weighted by Crippen LogP contribution is -2.54. The SMILES string of the molecule is CN(CC(C)(C)N1CCCCC1)C(=O)C1CCN(c2nc(-c3ccnc(NC4CCOCC4)c3)cc3cnccc23)CC1. The first kappa shape index (κ1) is 29.8. The Labute approximate surface area is 256 Å². The third-order valence-corrected chi connectivity index (χ3v) is 9.60. The van der Waals surface area contributed by atoms with Crippen molar-refractivity contribution in [2.24, 2.45) is 5.92 Å². The van der Waals surface area contributed by atoms with Crippen molar-refractivity contribution in [1.29, 1.82) is 0 Å². The van der Waals surface area contributed by atoms with E-state index in [2.05, 4.69) is 57.1 Å². The van der Waals surface area contributed by atoms with E-state index in [4.69, 9.17) is 9.72 Å². The Hall–Kier alpha value is -3.30. The summed E-state index contributed by atoms with van der Waals surface area (Å²) in [5.41, 5.74) is 1.93. The van der Waals surface area contributed by atoms with Gasteiger partial charge in [-0.2, -0.15) is 0 Å². The van der Waals surface area contributed by atoms with Gasteiger partial charge in [0.05, 0.1) is 5.69 Å². The molecule has 0 unspecified atom stereocenters. The van der Waals surface area contributed by atoms with Gasteiger partial charge in [-0.05, 0) is 89.7 Å². The van der Waals surface area contributed by atoms with Crippen LogP contribution in [0.3, 0.4) is 0 Å². The second-order valence-electron chi connectivity index (χ2n) is 13.2. The number of likely N-dealkylation sites (tertiary alicyclic amines) is 1. The Morgan fingerprint density at radius 3 is 2.56 bits per heavy atom. The molecule has 6 heterocycles. The molecule has 0 bridgehead atoms. The summed E-state index contributed by atoms with van der Waals surface area (Å²) >= 11 is 0. The molecule has 3 aliphatic rings. The van der Waals surface area contributed by atoms with E-state index in [-0.39, 0.29) is 17.4 Å². The molecule has 0 radical (unpaired) electrons. The first-order chi connectivity index (χ1) is 20.9. The number of fused-ring (bicyclic) bond motifs is 1. The van der Waals surface area contributed by atoms with Crippen LogP contribution in [0, 0.1) is 5.92 Å². The number of rotatable bonds is 8. The molecule has 0 saturated carbocycles. The fourth-order valence-electron chi connectivity index (χ4n) is 7.10. The highest BCUT2D eigenvalue weighted by Gasteiger charge is 2.34. The monoisotopic (exact) mass is 585 g/mol. The van der Waals surface area contributed by atoms with Gasteiger partial charge in [-0.3, -0.25) is 14.7 Å². The molecule has 0 aliphatic carbocycles. The van der Waals surface area contributed by atoms with Crippen molar-refractivity contribution in [3.8, 4) is 11.3 Å². The topological polar surface area (TPSA) is 86.7 Å². The van der Waals surface area contributed by atoms with Crippen molar-refractivity contribution in [1.82, 2.24) is 24.8 Å². The Balaban J connectivity index is 1.15. The van der Waals surface area contributed by atoms with Crippen molar-refractivity contribution in [3.05, 3.63) is 42.9 Å². The molecule has 6 rings (SSSR count). The minimum absolute atomic E-state index is 0.00396. The lowest BCUT2D eigenvalue weighted by Gasteiger charge is -2.43. The maximum Gasteiger partial charge on any atom is 0.225 e. The quantitative estimate of drug-likeness (QED) is 0.385. The Morgan fingerprint density at radius 2 is 1.79 bits per heavy atom. The standard InChI is InChI=1S/C34H47N7O2/c1-34(2,41-15-5-4-6-16-41)24-39(3)33(42)25-9-17-40(18-10-25)32-29-8-13-35-23-27(29)21-30(38-32)26-7-14-36-31(22-26)37-28-11-19-43-20-12-28/h7-8,13-14,21-23,25,28H,4-6,9-12,15-20,24H2,1-3H3,(H,36,37). The Bertz CT molecular complexity index is 1390. The number of nitrogens with zero attached hydrogens (tertiary/aromatic N) is 6. The molecule has 0 atom stereocenters. The van der Waals surface area contributed by atoms with Gasteiger partial charge in [-0.25, -0.2) is 9.97 Å². The highest BCUT2D eigenvalue weighted by Crippen LogP contribution is 2.33. The zero-order valence-electron chi connectivity index (χ0n) is 26.1. The van der Waals surface area contributed by atoms with E-state index in [9.17, 15) is 4.79 Å². The molecule has 1 amide bonds. The molecule has 0 aromatic carbocycles. The van der Waals surface area contributed by atoms with E-state index in [1.165, 1.54) is 19.3 Å². The first-order valence-corrected chi connectivity index (χ1v) is 16.2. The predicted molar refractivity (Wildman–Crippen MR) is 172 cm³/mol. The van der Waals surface area contributed by atoms with E-state index in [0.29, 0.717) is 6.04 Å². The summed E-state index contributed by atoms with van der Waals surface area (Å²) in [6.45, 7) is 10.8. The van der Waals surface area contributed by atoms with Gasteiger partial charge >= 0.3 is 0 Å². The number of anilines is 2. The van der Waals surface area contributed by atoms with Crippen LogP contribution in [-0.2, 0) is 9.53 Å². The molecule has 9 heteroatoms. The molecule has 3 aromatic rings. The highest BCUT2D eigenvalue weighted by molar-refractivity contribution is 5.94. The van der Waals surface area contributed by atoms with Gasteiger partial charge in [0.2, 0.25) is 5.91 Å². The van der Waals surface area contributed by atoms with Crippen molar-refractivity contribution >= 4 is 28.3 Å². The fourth-order valence-corrected chi connectivity index (χ4v) is 7.10. The lowest BCUT2D eigenvalue weighted by atomic mass is 9.93. The number of aromatic nitrogens is 3. The summed E-state index contributed by atoms with van der Waals surface area (Å²) in [6, 6.07) is 8.67. The van der Waals surface area contributed by atoms with E-state index in [0.717, 1.165) is 105 Å². The molecule has 230 valence electrons. The summed E-state index contributed by atoms with van der Waals surface area (Å²) in [5, 5.41) is 5.74. The summed E-state index contributed by atoms with van der Waals surface area (Å²) < 4.78 is 5.51. The van der Waals surface area contributed by atoms with Gasteiger partial charge in [0.25, 0.3) is 0 Å². The van der Waals surface area contributed by atoms with Gasteiger partial charge in [-0.15, -0.1) is 0 Å². The van der Waals surface area contributed by atoms with E-state index in [1.807, 2.05) is 36.6 Å². The maximum atomic E-state index is 13.6. The maximum absolute atomic E-state index is 13.6. The van der Waals surface area contributed by atoms with E-state index < -0.39 is 0 Å². The number of likely N-dealkylation sites (N-methyl/N-ethyl adjacent to an activating group) is 1. The van der Waals surface area contributed by atoms with Crippen LogP contribution in [0.2, 0.25) is 0 Å². The van der Waals surface area contributed by atoms with Crippen LogP contribution in [0.1, 0.15) is 58.8 Å². The molecule has 3 aromatic heterocycles. The average Bonchev–Trinajstić information content (AvgIpc) is 3.05. The number of piperidine rings is 2. The van der Waals surface area contributed by atoms with E-state index >= 15 is 0 Å². The summed E-state index contributed by atoms with van der Waals surface area (Å²) in [5.74, 6) is 2.16. The van der Waals surface area contributed by atoms with Crippen LogP contribution in [0.15, 0.2) is 42.9 Å². The predicted octanol–water partition coefficient (Wildman–Crippen LogP) is 5.22. The first-order valence-electron chi connectivity index (χ1n) is 16.2. The highest BCUT2D eigenvalue weighted by atomic mass is 16.5. The molecule has 3 aliphatic heterocycles. The van der Waals surface area contributed by atoms with Gasteiger partial charge in [0, 0.05) is 92.3 Å². The third-order valence-electron chi connectivity index (χ3n) is 9.60. The molecule has 9 nitrogen and oxygen atoms in total. The minimum Gasteiger partial charge on any atom is -0.381 e. The van der Waals surface area contributed by atoms with Gasteiger partial charge in [0.15, 0.2) is 0 Å². The normalized spacial score (nSPS) is 19.5. The van der Waals surface area contributed by atoms with Gasteiger partial charge < -0.3 is 19.9 Å². The zero-order valence-corrected chi connectivity index (χ0v) is 26.1. The number of nitrogens with one attached hydrogen (secondary N) is 1. The summed E-state index contributed by atoms with van der Waals surface area (Å²) in [4.78, 5) is 34.7. The molecule has 1 N–H and O–H groups in total. The minimum atomic E-state index is -0.00396. The van der Waals surface area contributed by atoms with Crippen molar-refractivity contribution in [3.63, 3.8) is 0 Å². The lowest BCUT2D eigenvalue weighted by molar-refractivity contribution is -0.136. The van der Waals surface area contributed by atoms with Gasteiger partial charge in [-0.1, -0.05) is 6.42 Å². The Kier molecular flexibility index (Phi) is 9.09. The number of amides is 1. The summed E-state index contributed by atoms with van der Waals surface area (Å²) in [6.07, 6.45) is 13.1. The second-order valence-corrected chi connectivity index (χ2v) is 13.2. The smallest absolute Gasteiger partial charge is 0.225 e. The van der Waals surface area contributed by atoms with Crippen molar-refractivity contribution < 1.29 is 9.53 Å². The number of pyridine rings is 3.